The minimum absolute atomic E-state index is 0.669. The highest BCUT2D eigenvalue weighted by Crippen LogP contribution is 2.12. The van der Waals surface area contributed by atoms with Crippen molar-refractivity contribution in [1.82, 2.24) is 15.3 Å². The van der Waals surface area contributed by atoms with Crippen LogP contribution < -0.4 is 5.32 Å². The number of aromatic nitrogens is 2. The van der Waals surface area contributed by atoms with Crippen molar-refractivity contribution in [3.63, 3.8) is 0 Å². The van der Waals surface area contributed by atoms with E-state index in [0.29, 0.717) is 5.17 Å². The summed E-state index contributed by atoms with van der Waals surface area (Å²) >= 11 is 3.36. The zero-order valence-corrected chi connectivity index (χ0v) is 10.6. The van der Waals surface area contributed by atoms with Crippen LogP contribution in [0.4, 0.5) is 0 Å². The van der Waals surface area contributed by atoms with Gasteiger partial charge in [0.05, 0.1) is 12.0 Å². The Balaban J connectivity index is 2.06. The van der Waals surface area contributed by atoms with Gasteiger partial charge in [0.2, 0.25) is 0 Å². The lowest BCUT2D eigenvalue weighted by atomic mass is 10.6. The van der Waals surface area contributed by atoms with Crippen molar-refractivity contribution in [3.05, 3.63) is 18.2 Å². The van der Waals surface area contributed by atoms with E-state index < -0.39 is 0 Å². The summed E-state index contributed by atoms with van der Waals surface area (Å²) in [5.41, 5.74) is 1.06. The average molecular weight is 255 g/mol. The predicted molar refractivity (Wildman–Crippen MR) is 69.3 cm³/mol. The van der Waals surface area contributed by atoms with Crippen molar-refractivity contribution in [2.45, 2.75) is 5.75 Å². The molecule has 7 heteroatoms. The lowest BCUT2D eigenvalue weighted by Gasteiger charge is -2.01. The maximum absolute atomic E-state index is 8.42. The van der Waals surface area contributed by atoms with Gasteiger partial charge in [-0.05, 0) is 0 Å². The van der Waals surface area contributed by atoms with Gasteiger partial charge in [-0.25, -0.2) is 4.98 Å². The normalized spacial score (nSPS) is 11.1. The van der Waals surface area contributed by atoms with Gasteiger partial charge in [0.15, 0.2) is 11.4 Å². The Labute approximate surface area is 103 Å². The number of hydrogen-bond acceptors (Lipinski definition) is 5. The number of H-pyrrole nitrogens is 1. The molecule has 0 radical (unpaired) electrons. The molecule has 0 aliphatic rings. The topological polar surface area (TPSA) is 76.9 Å². The number of nitrogens with zero attached hydrogens (tertiary/aromatic N) is 3. The van der Waals surface area contributed by atoms with Crippen LogP contribution in [-0.2, 0) is 5.75 Å². The van der Waals surface area contributed by atoms with Crippen LogP contribution in [0.5, 0.6) is 0 Å². The van der Waals surface area contributed by atoms with Gasteiger partial charge in [-0.15, -0.1) is 0 Å². The summed E-state index contributed by atoms with van der Waals surface area (Å²) in [7, 11) is 1.67. The first-order chi connectivity index (χ1) is 7.86. The smallest absolute Gasteiger partial charge is 0.183 e. The first-order valence-corrected chi connectivity index (χ1v) is 6.81. The third kappa shape index (κ3) is 5.09. The average Bonchev–Trinajstić information content (AvgIpc) is 2.80. The maximum Gasteiger partial charge on any atom is 0.183 e. The molecular formula is C9H13N5S2. The third-order valence-corrected chi connectivity index (χ3v) is 3.85. The molecule has 0 amide bonds. The van der Waals surface area contributed by atoms with E-state index in [0.717, 1.165) is 23.0 Å². The summed E-state index contributed by atoms with van der Waals surface area (Å²) in [6, 6.07) is 0. The van der Waals surface area contributed by atoms with Crippen molar-refractivity contribution in [1.29, 1.82) is 5.26 Å². The number of imidazole rings is 1. The Morgan fingerprint density at radius 2 is 2.56 bits per heavy atom. The second-order valence-corrected chi connectivity index (χ2v) is 4.92. The SMILES string of the molecule is C/N=C(\NC#N)SCCSCc1c[nH]cn1. The Kier molecular flexibility index (Phi) is 6.53. The summed E-state index contributed by atoms with van der Waals surface area (Å²) in [4.78, 5) is 11.0. The van der Waals surface area contributed by atoms with Crippen LogP contribution >= 0.6 is 23.5 Å². The Morgan fingerprint density at radius 1 is 1.69 bits per heavy atom. The van der Waals surface area contributed by atoms with Gasteiger partial charge in [-0.3, -0.25) is 10.3 Å². The number of aromatic amines is 1. The van der Waals surface area contributed by atoms with Crippen LogP contribution in [-0.4, -0.2) is 33.7 Å². The van der Waals surface area contributed by atoms with Crippen LogP contribution in [0.25, 0.3) is 0 Å². The molecule has 0 bridgehead atoms. The number of thioether (sulfide) groups is 2. The zero-order valence-electron chi connectivity index (χ0n) is 8.93. The lowest BCUT2D eigenvalue weighted by molar-refractivity contribution is 1.23. The molecule has 0 aromatic carbocycles. The van der Waals surface area contributed by atoms with Gasteiger partial charge in [0.1, 0.15) is 0 Å². The molecular weight excluding hydrogens is 242 g/mol. The maximum atomic E-state index is 8.42. The zero-order chi connectivity index (χ0) is 11.6. The Hall–Kier alpha value is -1.13. The van der Waals surface area contributed by atoms with Gasteiger partial charge >= 0.3 is 0 Å². The number of hydrogen-bond donors (Lipinski definition) is 2. The van der Waals surface area contributed by atoms with E-state index in [1.165, 1.54) is 0 Å². The fraction of sp³-hybridized carbons (Fsp3) is 0.444. The van der Waals surface area contributed by atoms with Gasteiger partial charge in [-0.1, -0.05) is 11.8 Å². The van der Waals surface area contributed by atoms with E-state index in [9.17, 15) is 0 Å². The first-order valence-electron chi connectivity index (χ1n) is 4.67. The van der Waals surface area contributed by atoms with Crippen molar-refractivity contribution in [2.24, 2.45) is 4.99 Å². The Bertz CT molecular complexity index is 354. The highest BCUT2D eigenvalue weighted by Gasteiger charge is 1.99. The van der Waals surface area contributed by atoms with E-state index in [-0.39, 0.29) is 0 Å². The molecule has 0 aliphatic carbocycles. The summed E-state index contributed by atoms with van der Waals surface area (Å²) in [5.74, 6) is 2.84. The second kappa shape index (κ2) is 8.07. The first kappa shape index (κ1) is 12.9. The van der Waals surface area contributed by atoms with E-state index in [1.54, 1.807) is 25.1 Å². The van der Waals surface area contributed by atoms with Crippen LogP contribution in [0.2, 0.25) is 0 Å². The molecule has 0 spiro atoms. The summed E-state index contributed by atoms with van der Waals surface area (Å²) in [6.07, 6.45) is 5.44. The molecule has 86 valence electrons. The molecule has 1 heterocycles. The molecule has 0 saturated carbocycles. The number of rotatable bonds is 5. The molecule has 1 aromatic heterocycles. The summed E-state index contributed by atoms with van der Waals surface area (Å²) in [5, 5.41) is 11.6. The number of nitrogens with one attached hydrogen (secondary N) is 2. The molecule has 5 nitrogen and oxygen atoms in total. The molecule has 0 saturated heterocycles. The second-order valence-electron chi connectivity index (χ2n) is 2.73. The van der Waals surface area contributed by atoms with Gasteiger partial charge in [0, 0.05) is 30.5 Å². The number of amidine groups is 1. The molecule has 2 N–H and O–H groups in total. The molecule has 1 rings (SSSR count). The van der Waals surface area contributed by atoms with E-state index in [2.05, 4.69) is 20.3 Å². The van der Waals surface area contributed by atoms with Crippen LogP contribution in [0, 0.1) is 11.5 Å². The number of nitriles is 1. The summed E-state index contributed by atoms with van der Waals surface area (Å²) < 4.78 is 0. The van der Waals surface area contributed by atoms with Crippen molar-refractivity contribution >= 4 is 28.7 Å². The van der Waals surface area contributed by atoms with E-state index >= 15 is 0 Å². The molecule has 16 heavy (non-hydrogen) atoms. The monoisotopic (exact) mass is 255 g/mol. The third-order valence-electron chi connectivity index (χ3n) is 1.64. The van der Waals surface area contributed by atoms with Crippen LogP contribution in [0.15, 0.2) is 17.5 Å². The standard InChI is InChI=1S/C9H13N5S2/c1-11-9(13-6-10)16-3-2-15-5-8-4-12-7-14-8/h4,7H,2-3,5H2,1H3,(H,11,13)(H,12,14). The van der Waals surface area contributed by atoms with Crippen molar-refractivity contribution in [2.75, 3.05) is 18.6 Å². The van der Waals surface area contributed by atoms with E-state index in [4.69, 9.17) is 5.26 Å². The highest BCUT2D eigenvalue weighted by atomic mass is 32.2. The minimum atomic E-state index is 0.669. The predicted octanol–water partition coefficient (Wildman–Crippen LogP) is 1.43. The van der Waals surface area contributed by atoms with Crippen molar-refractivity contribution in [3.8, 4) is 6.19 Å². The molecule has 0 fully saturated rings. The van der Waals surface area contributed by atoms with Gasteiger partial charge in [-0.2, -0.15) is 17.0 Å². The Morgan fingerprint density at radius 3 is 3.19 bits per heavy atom. The summed E-state index contributed by atoms with van der Waals surface area (Å²) in [6.45, 7) is 0. The van der Waals surface area contributed by atoms with Gasteiger partial charge < -0.3 is 4.98 Å². The minimum Gasteiger partial charge on any atom is -0.351 e. The molecule has 0 unspecified atom stereocenters. The largest absolute Gasteiger partial charge is 0.351 e. The van der Waals surface area contributed by atoms with Crippen LogP contribution in [0.3, 0.4) is 0 Å². The molecule has 1 aromatic rings. The fourth-order valence-electron chi connectivity index (χ4n) is 0.948. The molecule has 0 atom stereocenters. The fourth-order valence-corrected chi connectivity index (χ4v) is 2.70. The molecule has 0 aliphatic heterocycles. The van der Waals surface area contributed by atoms with Crippen LogP contribution in [0.1, 0.15) is 5.69 Å². The van der Waals surface area contributed by atoms with Crippen molar-refractivity contribution < 1.29 is 0 Å². The quantitative estimate of drug-likeness (QED) is 0.274. The van der Waals surface area contributed by atoms with E-state index in [1.807, 2.05) is 24.2 Å². The number of aliphatic imine (C=N–C) groups is 1. The highest BCUT2D eigenvalue weighted by molar-refractivity contribution is 8.14. The lowest BCUT2D eigenvalue weighted by Crippen LogP contribution is -2.14. The van der Waals surface area contributed by atoms with Gasteiger partial charge in [0.25, 0.3) is 0 Å².